The third kappa shape index (κ3) is 5.55. The Kier molecular flexibility index (Phi) is 5.63. The van der Waals surface area contributed by atoms with Gasteiger partial charge in [-0.25, -0.2) is 4.79 Å². The maximum atomic E-state index is 11.3. The molecule has 0 saturated carbocycles. The molecule has 1 atom stereocenters. The van der Waals surface area contributed by atoms with Crippen molar-refractivity contribution in [2.45, 2.75) is 19.3 Å². The average Bonchev–Trinajstić information content (AvgIpc) is 2.74. The van der Waals surface area contributed by atoms with Crippen molar-refractivity contribution in [3.8, 4) is 0 Å². The van der Waals surface area contributed by atoms with Crippen LogP contribution >= 0.6 is 0 Å². The topological polar surface area (TPSA) is 93.5 Å². The third-order valence-corrected chi connectivity index (χ3v) is 2.61. The zero-order valence-electron chi connectivity index (χ0n) is 9.33. The highest BCUT2D eigenvalue weighted by atomic mass is 16.5. The number of primary amides is 1. The van der Waals surface area contributed by atoms with Gasteiger partial charge in [0.1, 0.15) is 6.61 Å². The molecule has 1 saturated heterocycles. The summed E-state index contributed by atoms with van der Waals surface area (Å²) < 4.78 is 4.48. The van der Waals surface area contributed by atoms with Crippen molar-refractivity contribution < 1.29 is 14.3 Å². The van der Waals surface area contributed by atoms with Crippen LogP contribution in [-0.2, 0) is 9.53 Å². The van der Waals surface area contributed by atoms with E-state index < -0.39 is 6.09 Å². The molecule has 0 bridgehead atoms. The predicted molar refractivity (Wildman–Crippen MR) is 58.8 cm³/mol. The summed E-state index contributed by atoms with van der Waals surface area (Å²) in [6.07, 6.45) is 1.78. The Labute approximate surface area is 94.9 Å². The zero-order chi connectivity index (χ0) is 11.8. The number of ether oxygens (including phenoxy) is 1. The third-order valence-electron chi connectivity index (χ3n) is 2.61. The van der Waals surface area contributed by atoms with Gasteiger partial charge in [0, 0.05) is 6.42 Å². The van der Waals surface area contributed by atoms with Gasteiger partial charge in [-0.05, 0) is 31.8 Å². The van der Waals surface area contributed by atoms with E-state index >= 15 is 0 Å². The average molecular weight is 229 g/mol. The molecule has 1 fully saturated rings. The molecule has 16 heavy (non-hydrogen) atoms. The SMILES string of the molecule is NC(=O)OCCNC(=O)CCC1CCNC1. The molecule has 92 valence electrons. The minimum Gasteiger partial charge on any atom is -0.448 e. The largest absolute Gasteiger partial charge is 0.448 e. The second kappa shape index (κ2) is 7.05. The van der Waals surface area contributed by atoms with Gasteiger partial charge in [0.2, 0.25) is 5.91 Å². The van der Waals surface area contributed by atoms with Crippen LogP contribution in [0.2, 0.25) is 0 Å². The van der Waals surface area contributed by atoms with Gasteiger partial charge >= 0.3 is 6.09 Å². The van der Waals surface area contributed by atoms with Gasteiger partial charge in [-0.3, -0.25) is 4.79 Å². The van der Waals surface area contributed by atoms with Crippen LogP contribution in [0, 0.1) is 5.92 Å². The van der Waals surface area contributed by atoms with Crippen LogP contribution in [0.4, 0.5) is 4.79 Å². The molecule has 1 aliphatic rings. The van der Waals surface area contributed by atoms with Crippen molar-refractivity contribution in [3.05, 3.63) is 0 Å². The van der Waals surface area contributed by atoms with Crippen LogP contribution in [-0.4, -0.2) is 38.2 Å². The molecule has 0 aromatic carbocycles. The number of rotatable bonds is 6. The first-order valence-electron chi connectivity index (χ1n) is 5.58. The van der Waals surface area contributed by atoms with Gasteiger partial charge in [0.15, 0.2) is 0 Å². The Morgan fingerprint density at radius 3 is 2.94 bits per heavy atom. The lowest BCUT2D eigenvalue weighted by atomic mass is 10.0. The minimum atomic E-state index is -0.814. The van der Waals surface area contributed by atoms with E-state index in [0.29, 0.717) is 18.9 Å². The molecular formula is C10H19N3O3. The summed E-state index contributed by atoms with van der Waals surface area (Å²) in [6.45, 7) is 2.52. The second-order valence-electron chi connectivity index (χ2n) is 3.91. The smallest absolute Gasteiger partial charge is 0.404 e. The van der Waals surface area contributed by atoms with Crippen LogP contribution in [0.3, 0.4) is 0 Å². The van der Waals surface area contributed by atoms with Crippen molar-refractivity contribution in [2.24, 2.45) is 11.7 Å². The molecule has 6 nitrogen and oxygen atoms in total. The number of hydrogen-bond donors (Lipinski definition) is 3. The highest BCUT2D eigenvalue weighted by Gasteiger charge is 2.15. The summed E-state index contributed by atoms with van der Waals surface area (Å²) in [5.41, 5.74) is 4.77. The molecule has 1 unspecified atom stereocenters. The van der Waals surface area contributed by atoms with Gasteiger partial charge in [-0.1, -0.05) is 0 Å². The highest BCUT2D eigenvalue weighted by molar-refractivity contribution is 5.75. The van der Waals surface area contributed by atoms with Crippen molar-refractivity contribution in [3.63, 3.8) is 0 Å². The lowest BCUT2D eigenvalue weighted by Gasteiger charge is -2.08. The molecule has 0 aromatic rings. The van der Waals surface area contributed by atoms with Crippen molar-refractivity contribution >= 4 is 12.0 Å². The molecule has 4 N–H and O–H groups in total. The van der Waals surface area contributed by atoms with Crippen LogP contribution in [0.15, 0.2) is 0 Å². The van der Waals surface area contributed by atoms with E-state index in [2.05, 4.69) is 15.4 Å². The predicted octanol–water partition coefficient (Wildman–Crippen LogP) is -0.412. The second-order valence-corrected chi connectivity index (χ2v) is 3.91. The van der Waals surface area contributed by atoms with Crippen LogP contribution in [0.25, 0.3) is 0 Å². The summed E-state index contributed by atoms with van der Waals surface area (Å²) in [5.74, 6) is 0.618. The fourth-order valence-corrected chi connectivity index (χ4v) is 1.73. The van der Waals surface area contributed by atoms with E-state index in [-0.39, 0.29) is 12.5 Å². The Hall–Kier alpha value is -1.30. The number of nitrogens with one attached hydrogen (secondary N) is 2. The molecule has 0 aromatic heterocycles. The van der Waals surface area contributed by atoms with E-state index in [1.165, 1.54) is 0 Å². The lowest BCUT2D eigenvalue weighted by molar-refractivity contribution is -0.121. The number of amides is 2. The van der Waals surface area contributed by atoms with Gasteiger partial charge in [0.05, 0.1) is 6.54 Å². The number of carbonyl (C=O) groups excluding carboxylic acids is 2. The summed E-state index contributed by atoms with van der Waals surface area (Å²) in [5, 5.41) is 5.93. The Morgan fingerprint density at radius 2 is 2.31 bits per heavy atom. The Bertz CT molecular complexity index is 239. The fraction of sp³-hybridized carbons (Fsp3) is 0.800. The summed E-state index contributed by atoms with van der Waals surface area (Å²) >= 11 is 0. The van der Waals surface area contributed by atoms with Crippen molar-refractivity contribution in [1.82, 2.24) is 10.6 Å². The normalized spacial score (nSPS) is 19.4. The van der Waals surface area contributed by atoms with Gasteiger partial charge in [-0.15, -0.1) is 0 Å². The molecule has 0 aliphatic carbocycles. The van der Waals surface area contributed by atoms with E-state index in [1.807, 2.05) is 0 Å². The van der Waals surface area contributed by atoms with Crippen LogP contribution < -0.4 is 16.4 Å². The van der Waals surface area contributed by atoms with E-state index in [9.17, 15) is 9.59 Å². The number of hydrogen-bond acceptors (Lipinski definition) is 4. The number of carbonyl (C=O) groups is 2. The van der Waals surface area contributed by atoms with Gasteiger partial charge < -0.3 is 21.1 Å². The van der Waals surface area contributed by atoms with Crippen LogP contribution in [0.5, 0.6) is 0 Å². The Balaban J connectivity index is 1.95. The first-order chi connectivity index (χ1) is 7.68. The first kappa shape index (κ1) is 12.8. The molecular weight excluding hydrogens is 210 g/mol. The van der Waals surface area contributed by atoms with Crippen molar-refractivity contribution in [1.29, 1.82) is 0 Å². The fourth-order valence-electron chi connectivity index (χ4n) is 1.73. The maximum absolute atomic E-state index is 11.3. The van der Waals surface area contributed by atoms with E-state index in [1.54, 1.807) is 0 Å². The molecule has 1 heterocycles. The maximum Gasteiger partial charge on any atom is 0.404 e. The van der Waals surface area contributed by atoms with Gasteiger partial charge in [-0.2, -0.15) is 0 Å². The van der Waals surface area contributed by atoms with E-state index in [4.69, 9.17) is 5.73 Å². The lowest BCUT2D eigenvalue weighted by Crippen LogP contribution is -2.29. The molecule has 6 heteroatoms. The quantitative estimate of drug-likeness (QED) is 0.540. The monoisotopic (exact) mass is 229 g/mol. The van der Waals surface area contributed by atoms with E-state index in [0.717, 1.165) is 25.9 Å². The highest BCUT2D eigenvalue weighted by Crippen LogP contribution is 2.13. The molecule has 0 radical (unpaired) electrons. The zero-order valence-corrected chi connectivity index (χ0v) is 9.33. The molecule has 2 amide bonds. The molecule has 1 rings (SSSR count). The summed E-state index contributed by atoms with van der Waals surface area (Å²) in [7, 11) is 0. The minimum absolute atomic E-state index is 0.0000274. The first-order valence-corrected chi connectivity index (χ1v) is 5.58. The Morgan fingerprint density at radius 1 is 1.50 bits per heavy atom. The van der Waals surface area contributed by atoms with Gasteiger partial charge in [0.25, 0.3) is 0 Å². The standard InChI is InChI=1S/C10H19N3O3/c11-10(15)16-6-5-13-9(14)2-1-8-3-4-12-7-8/h8,12H,1-7H2,(H2,11,15)(H,13,14). The molecule has 1 aliphatic heterocycles. The summed E-state index contributed by atoms with van der Waals surface area (Å²) in [4.78, 5) is 21.6. The molecule has 0 spiro atoms. The van der Waals surface area contributed by atoms with Crippen molar-refractivity contribution in [2.75, 3.05) is 26.2 Å². The summed E-state index contributed by atoms with van der Waals surface area (Å²) in [6, 6.07) is 0. The van der Waals surface area contributed by atoms with Crippen LogP contribution in [0.1, 0.15) is 19.3 Å². The number of nitrogens with two attached hydrogens (primary N) is 1.